The summed E-state index contributed by atoms with van der Waals surface area (Å²) in [5.41, 5.74) is 2.24. The molecule has 0 fully saturated rings. The Bertz CT molecular complexity index is 308. The van der Waals surface area contributed by atoms with Gasteiger partial charge < -0.3 is 0 Å². The maximum absolute atomic E-state index is 10.8. The summed E-state index contributed by atoms with van der Waals surface area (Å²) in [4.78, 5) is 19.0. The molecule has 0 atom stereocenters. The number of carbonyl (C=O) groups excluding carboxylic acids is 1. The van der Waals surface area contributed by atoms with Crippen molar-refractivity contribution in [1.29, 1.82) is 0 Å². The van der Waals surface area contributed by atoms with E-state index >= 15 is 0 Å². The molecule has 5 heteroatoms. The minimum absolute atomic E-state index is 0.0921. The minimum atomic E-state index is -0.467. The lowest BCUT2D eigenvalue weighted by molar-refractivity contribution is -0.128. The lowest BCUT2D eigenvalue weighted by atomic mass is 10.2. The van der Waals surface area contributed by atoms with E-state index in [1.54, 1.807) is 17.9 Å². The lowest BCUT2D eigenvalue weighted by Gasteiger charge is -2.03. The number of hydroxylamine groups is 1. The first kappa shape index (κ1) is 10.6. The van der Waals surface area contributed by atoms with Crippen LogP contribution < -0.4 is 5.48 Å². The predicted octanol–water partition coefficient (Wildman–Crippen LogP) is 0.648. The second kappa shape index (κ2) is 4.66. The molecule has 0 aromatic carbocycles. The van der Waals surface area contributed by atoms with Crippen LogP contribution in [0.5, 0.6) is 0 Å². The number of rotatable bonds is 3. The van der Waals surface area contributed by atoms with Crippen molar-refractivity contribution in [1.82, 2.24) is 15.4 Å². The van der Waals surface area contributed by atoms with Gasteiger partial charge in [-0.15, -0.1) is 0 Å². The summed E-state index contributed by atoms with van der Waals surface area (Å²) in [6, 6.07) is 0. The Morgan fingerprint density at radius 1 is 1.50 bits per heavy atom. The maximum atomic E-state index is 10.8. The molecule has 0 radical (unpaired) electrons. The normalized spacial score (nSPS) is 10.3. The van der Waals surface area contributed by atoms with Crippen molar-refractivity contribution in [2.45, 2.75) is 26.2 Å². The van der Waals surface area contributed by atoms with Crippen LogP contribution in [0.3, 0.4) is 0 Å². The topological polar surface area (TPSA) is 75.1 Å². The third-order valence-corrected chi connectivity index (χ3v) is 1.73. The number of hydrogen-bond acceptors (Lipinski definition) is 4. The number of aromatic nitrogens is 2. The van der Waals surface area contributed by atoms with Gasteiger partial charge in [0.15, 0.2) is 0 Å². The Labute approximate surface area is 82.2 Å². The van der Waals surface area contributed by atoms with Gasteiger partial charge in [-0.05, 0) is 5.56 Å². The summed E-state index contributed by atoms with van der Waals surface area (Å²) >= 11 is 0. The molecule has 14 heavy (non-hydrogen) atoms. The van der Waals surface area contributed by atoms with Crippen LogP contribution in [0.4, 0.5) is 0 Å². The largest absolute Gasteiger partial charge is 0.289 e. The van der Waals surface area contributed by atoms with Gasteiger partial charge in [0.2, 0.25) is 5.91 Å². The Kier molecular flexibility index (Phi) is 3.53. The SMILES string of the molecule is CC(C)c1ncc(CC(=O)NO)cn1. The molecule has 1 aromatic heterocycles. The van der Waals surface area contributed by atoms with Crippen LogP contribution in [0.15, 0.2) is 12.4 Å². The maximum Gasteiger partial charge on any atom is 0.247 e. The zero-order valence-electron chi connectivity index (χ0n) is 8.19. The van der Waals surface area contributed by atoms with E-state index in [-0.39, 0.29) is 12.3 Å². The van der Waals surface area contributed by atoms with Crippen molar-refractivity contribution >= 4 is 5.91 Å². The van der Waals surface area contributed by atoms with Crippen LogP contribution >= 0.6 is 0 Å². The zero-order chi connectivity index (χ0) is 10.6. The Balaban J connectivity index is 2.69. The van der Waals surface area contributed by atoms with Crippen LogP contribution in [0, 0.1) is 0 Å². The molecule has 1 rings (SSSR count). The third kappa shape index (κ3) is 2.77. The van der Waals surface area contributed by atoms with Crippen LogP contribution in [-0.2, 0) is 11.2 Å². The quantitative estimate of drug-likeness (QED) is 0.548. The average molecular weight is 195 g/mol. The molecule has 0 saturated carbocycles. The first-order chi connectivity index (χ1) is 6.63. The fraction of sp³-hybridized carbons (Fsp3) is 0.444. The van der Waals surface area contributed by atoms with Crippen molar-refractivity contribution in [3.63, 3.8) is 0 Å². The number of amides is 1. The smallest absolute Gasteiger partial charge is 0.247 e. The van der Waals surface area contributed by atoms with Crippen molar-refractivity contribution < 1.29 is 10.0 Å². The first-order valence-corrected chi connectivity index (χ1v) is 4.37. The van der Waals surface area contributed by atoms with Crippen LogP contribution in [0.2, 0.25) is 0 Å². The summed E-state index contributed by atoms with van der Waals surface area (Å²) in [6.07, 6.45) is 3.28. The molecule has 0 aliphatic heterocycles. The highest BCUT2D eigenvalue weighted by atomic mass is 16.5. The molecule has 0 aliphatic rings. The van der Waals surface area contributed by atoms with Crippen molar-refractivity contribution in [2.75, 3.05) is 0 Å². The molecule has 1 amide bonds. The van der Waals surface area contributed by atoms with E-state index < -0.39 is 5.91 Å². The zero-order valence-corrected chi connectivity index (χ0v) is 8.19. The summed E-state index contributed by atoms with van der Waals surface area (Å²) in [6.45, 7) is 3.99. The average Bonchev–Trinajstić information content (AvgIpc) is 2.18. The van der Waals surface area contributed by atoms with Crippen LogP contribution in [-0.4, -0.2) is 21.1 Å². The number of hydrogen-bond donors (Lipinski definition) is 2. The molecular formula is C9H13N3O2. The van der Waals surface area contributed by atoms with Crippen molar-refractivity contribution in [3.8, 4) is 0 Å². The minimum Gasteiger partial charge on any atom is -0.289 e. The van der Waals surface area contributed by atoms with E-state index in [0.717, 1.165) is 5.82 Å². The van der Waals surface area contributed by atoms with Gasteiger partial charge in [0, 0.05) is 18.3 Å². The van der Waals surface area contributed by atoms with Gasteiger partial charge in [0.25, 0.3) is 0 Å². The van der Waals surface area contributed by atoms with Gasteiger partial charge >= 0.3 is 0 Å². The standard InChI is InChI=1S/C9H13N3O2/c1-6(2)9-10-4-7(5-11-9)3-8(13)12-14/h4-6,14H,3H2,1-2H3,(H,12,13). The highest BCUT2D eigenvalue weighted by molar-refractivity contribution is 5.77. The highest BCUT2D eigenvalue weighted by Gasteiger charge is 2.05. The second-order valence-electron chi connectivity index (χ2n) is 3.32. The van der Waals surface area contributed by atoms with Crippen LogP contribution in [0.25, 0.3) is 0 Å². The van der Waals surface area contributed by atoms with E-state index in [1.165, 1.54) is 0 Å². The predicted molar refractivity (Wildman–Crippen MR) is 49.8 cm³/mol. The molecule has 2 N–H and O–H groups in total. The van der Waals surface area contributed by atoms with Crippen molar-refractivity contribution in [3.05, 3.63) is 23.8 Å². The number of nitrogens with zero attached hydrogens (tertiary/aromatic N) is 2. The molecule has 0 unspecified atom stereocenters. The van der Waals surface area contributed by atoms with Gasteiger partial charge in [-0.3, -0.25) is 10.0 Å². The van der Waals surface area contributed by atoms with E-state index in [0.29, 0.717) is 5.56 Å². The van der Waals surface area contributed by atoms with E-state index in [2.05, 4.69) is 9.97 Å². The van der Waals surface area contributed by atoms with Gasteiger partial charge in [-0.2, -0.15) is 0 Å². The molecule has 1 heterocycles. The molecule has 0 spiro atoms. The monoisotopic (exact) mass is 195 g/mol. The Hall–Kier alpha value is -1.49. The fourth-order valence-electron chi connectivity index (χ4n) is 0.979. The van der Waals surface area contributed by atoms with E-state index in [4.69, 9.17) is 5.21 Å². The fourth-order valence-corrected chi connectivity index (χ4v) is 0.979. The summed E-state index contributed by atoms with van der Waals surface area (Å²) in [7, 11) is 0. The molecule has 0 saturated heterocycles. The summed E-state index contributed by atoms with van der Waals surface area (Å²) in [5.74, 6) is 0.555. The first-order valence-electron chi connectivity index (χ1n) is 4.37. The third-order valence-electron chi connectivity index (χ3n) is 1.73. The Morgan fingerprint density at radius 3 is 2.50 bits per heavy atom. The Morgan fingerprint density at radius 2 is 2.07 bits per heavy atom. The molecular weight excluding hydrogens is 182 g/mol. The van der Waals surface area contributed by atoms with Gasteiger partial charge in [-0.1, -0.05) is 13.8 Å². The lowest BCUT2D eigenvalue weighted by Crippen LogP contribution is -2.20. The molecule has 0 aliphatic carbocycles. The van der Waals surface area contributed by atoms with Crippen molar-refractivity contribution in [2.24, 2.45) is 0 Å². The van der Waals surface area contributed by atoms with Crippen LogP contribution in [0.1, 0.15) is 31.2 Å². The number of carbonyl (C=O) groups is 1. The second-order valence-corrected chi connectivity index (χ2v) is 3.32. The van der Waals surface area contributed by atoms with Gasteiger partial charge in [0.1, 0.15) is 5.82 Å². The summed E-state index contributed by atoms with van der Waals surface area (Å²) < 4.78 is 0. The molecule has 76 valence electrons. The van der Waals surface area contributed by atoms with Gasteiger partial charge in [0.05, 0.1) is 6.42 Å². The molecule has 0 bridgehead atoms. The van der Waals surface area contributed by atoms with Gasteiger partial charge in [-0.25, -0.2) is 15.4 Å². The molecule has 1 aromatic rings. The molecule has 5 nitrogen and oxygen atoms in total. The number of nitrogens with one attached hydrogen (secondary N) is 1. The highest BCUT2D eigenvalue weighted by Crippen LogP contribution is 2.07. The van der Waals surface area contributed by atoms with E-state index in [1.807, 2.05) is 13.8 Å². The van der Waals surface area contributed by atoms with E-state index in [9.17, 15) is 4.79 Å². The summed E-state index contributed by atoms with van der Waals surface area (Å²) in [5, 5.41) is 8.30.